The topological polar surface area (TPSA) is 101 Å². The van der Waals surface area contributed by atoms with Crippen molar-refractivity contribution in [3.05, 3.63) is 74.8 Å². The lowest BCUT2D eigenvalue weighted by Gasteiger charge is -2.31. The molecule has 2 bridgehead atoms. The lowest BCUT2D eigenvalue weighted by atomic mass is 9.81. The van der Waals surface area contributed by atoms with Gasteiger partial charge in [0.25, 0.3) is 23.4 Å². The number of imide groups is 1. The number of hydrazine groups is 1. The summed E-state index contributed by atoms with van der Waals surface area (Å²) in [6.07, 6.45) is 0.778. The highest BCUT2D eigenvalue weighted by Gasteiger charge is 2.67. The van der Waals surface area contributed by atoms with Crippen molar-refractivity contribution in [2.75, 3.05) is 0 Å². The second-order valence-corrected chi connectivity index (χ2v) is 11.3. The fraction of sp³-hybridized carbons (Fsp3) is 0.348. The molecule has 3 amide bonds. The third kappa shape index (κ3) is 3.67. The summed E-state index contributed by atoms with van der Waals surface area (Å²) in [6.45, 7) is -0.0960. The number of hydrogen-bond acceptors (Lipinski definition) is 5. The Hall–Kier alpha value is -2.30. The van der Waals surface area contributed by atoms with E-state index >= 15 is 0 Å². The van der Waals surface area contributed by atoms with Crippen LogP contribution in [0, 0.1) is 33.8 Å². The summed E-state index contributed by atoms with van der Waals surface area (Å²) >= 11 is 13.3. The van der Waals surface area contributed by atoms with Crippen molar-refractivity contribution in [1.82, 2.24) is 10.0 Å². The molecule has 2 aromatic rings. The fourth-order valence-corrected chi connectivity index (χ4v) is 7.44. The number of carbonyl (C=O) groups is 3. The Morgan fingerprint density at radius 1 is 1.00 bits per heavy atom. The van der Waals surface area contributed by atoms with Crippen molar-refractivity contribution in [1.29, 1.82) is 0 Å². The summed E-state index contributed by atoms with van der Waals surface area (Å²) < 4.78 is 0. The molecule has 2 aliphatic carbocycles. The third-order valence-corrected chi connectivity index (χ3v) is 10.5. The van der Waals surface area contributed by atoms with Gasteiger partial charge in [0.15, 0.2) is 0 Å². The van der Waals surface area contributed by atoms with Gasteiger partial charge in [0.1, 0.15) is 0 Å². The zero-order valence-corrected chi connectivity index (χ0v) is 21.4. The summed E-state index contributed by atoms with van der Waals surface area (Å²) in [7, 11) is 0. The maximum atomic E-state index is 13.6. The minimum absolute atomic E-state index is 0.00711. The van der Waals surface area contributed by atoms with E-state index in [0.29, 0.717) is 10.6 Å². The maximum absolute atomic E-state index is 13.6. The molecule has 11 heteroatoms. The van der Waals surface area contributed by atoms with E-state index in [4.69, 9.17) is 11.6 Å². The van der Waals surface area contributed by atoms with Crippen molar-refractivity contribution in [2.24, 2.45) is 23.7 Å². The zero-order chi connectivity index (χ0) is 24.3. The molecule has 6 atom stereocenters. The number of hydrogen-bond donors (Lipinski definition) is 0. The number of benzene rings is 2. The Kier molecular flexibility index (Phi) is 6.02. The Balaban J connectivity index is 1.51. The molecule has 1 heterocycles. The minimum Gasteiger partial charge on any atom is -0.272 e. The maximum Gasteiger partial charge on any atom is 0.273 e. The number of rotatable bonds is 5. The summed E-state index contributed by atoms with van der Waals surface area (Å²) in [6, 6.07) is 11.9. The molecular formula is C23H18Br2ClN3O5. The van der Waals surface area contributed by atoms with Crippen LogP contribution in [0.25, 0.3) is 0 Å². The average Bonchev–Trinajstić information content (AvgIpc) is 3.43. The summed E-state index contributed by atoms with van der Waals surface area (Å²) in [4.78, 5) is 51.3. The van der Waals surface area contributed by atoms with Gasteiger partial charge in [0, 0.05) is 32.4 Å². The van der Waals surface area contributed by atoms with Gasteiger partial charge in [-0.25, -0.2) is 5.01 Å². The molecule has 3 fully saturated rings. The van der Waals surface area contributed by atoms with Crippen molar-refractivity contribution < 1.29 is 19.3 Å². The van der Waals surface area contributed by atoms with E-state index in [1.807, 2.05) is 0 Å². The molecule has 0 aromatic heterocycles. The second-order valence-electron chi connectivity index (χ2n) is 8.79. The summed E-state index contributed by atoms with van der Waals surface area (Å²) in [5.41, 5.74) is 0.722. The van der Waals surface area contributed by atoms with Crippen LogP contribution >= 0.6 is 43.5 Å². The smallest absolute Gasteiger partial charge is 0.272 e. The first-order chi connectivity index (χ1) is 16.2. The Morgan fingerprint density at radius 2 is 1.53 bits per heavy atom. The molecule has 0 N–H and O–H groups in total. The lowest BCUT2D eigenvalue weighted by molar-refractivity contribution is -0.384. The number of amides is 3. The number of nitro groups is 1. The molecule has 1 aliphatic heterocycles. The van der Waals surface area contributed by atoms with Crippen LogP contribution in [0.4, 0.5) is 5.69 Å². The highest BCUT2D eigenvalue weighted by Crippen LogP contribution is 2.60. The van der Waals surface area contributed by atoms with Crippen LogP contribution in [0.1, 0.15) is 22.3 Å². The second kappa shape index (κ2) is 8.73. The molecule has 5 rings (SSSR count). The molecule has 0 radical (unpaired) electrons. The van der Waals surface area contributed by atoms with Gasteiger partial charge in [-0.2, -0.15) is 5.01 Å². The number of carbonyl (C=O) groups excluding carboxylic acids is 3. The Bertz CT molecular complexity index is 1160. The van der Waals surface area contributed by atoms with Crippen LogP contribution in [-0.4, -0.2) is 42.3 Å². The highest BCUT2D eigenvalue weighted by molar-refractivity contribution is 9.12. The normalized spacial score (nSPS) is 29.4. The van der Waals surface area contributed by atoms with E-state index < -0.39 is 22.7 Å². The first kappa shape index (κ1) is 23.4. The van der Waals surface area contributed by atoms with E-state index in [-0.39, 0.29) is 51.1 Å². The number of halogens is 3. The van der Waals surface area contributed by atoms with Crippen LogP contribution in [-0.2, 0) is 16.1 Å². The number of nitro benzene ring substituents is 1. The van der Waals surface area contributed by atoms with Crippen molar-refractivity contribution in [3.63, 3.8) is 0 Å². The van der Waals surface area contributed by atoms with Crippen LogP contribution in [0.3, 0.4) is 0 Å². The van der Waals surface area contributed by atoms with Gasteiger partial charge in [-0.05, 0) is 48.1 Å². The predicted octanol–water partition coefficient (Wildman–Crippen LogP) is 4.58. The molecule has 34 heavy (non-hydrogen) atoms. The Labute approximate surface area is 216 Å². The first-order valence-corrected chi connectivity index (χ1v) is 12.9. The molecule has 1 saturated heterocycles. The van der Waals surface area contributed by atoms with E-state index in [2.05, 4.69) is 31.9 Å². The molecule has 8 nitrogen and oxygen atoms in total. The quantitative estimate of drug-likeness (QED) is 0.213. The largest absolute Gasteiger partial charge is 0.273 e. The van der Waals surface area contributed by atoms with Crippen LogP contribution in [0.15, 0.2) is 48.5 Å². The lowest BCUT2D eigenvalue weighted by Crippen LogP contribution is -2.50. The van der Waals surface area contributed by atoms with Gasteiger partial charge < -0.3 is 0 Å². The predicted molar refractivity (Wildman–Crippen MR) is 130 cm³/mol. The molecular weight excluding hydrogens is 594 g/mol. The first-order valence-electron chi connectivity index (χ1n) is 10.7. The SMILES string of the molecule is O=C(c1ccc(Cl)cc1)N(Cc1ccc([N+](=O)[O-])cc1)N1C(=O)[C@@H]2[C@H]3C[C@@H]([C@@H](Br)[C@H]3Br)[C@H]2C1=O. The van der Waals surface area contributed by atoms with Crippen molar-refractivity contribution in [2.45, 2.75) is 22.6 Å². The number of nitrogens with zero attached hydrogens (tertiary/aromatic N) is 3. The third-order valence-electron chi connectivity index (χ3n) is 7.01. The number of alkyl halides is 2. The van der Waals surface area contributed by atoms with Crippen molar-refractivity contribution >= 4 is 66.9 Å². The van der Waals surface area contributed by atoms with Crippen LogP contribution in [0.5, 0.6) is 0 Å². The standard InChI is InChI=1S/C23H18Br2ClN3O5/c24-19-15-9-16(20(19)25)18-17(15)22(31)28(23(18)32)27(21(30)12-3-5-13(26)6-4-12)10-11-1-7-14(8-2-11)29(33)34/h1-8,15-20H,9-10H2/t15-,16-,17-,18-,19-,20+/m1/s1. The van der Waals surface area contributed by atoms with Gasteiger partial charge in [0.2, 0.25) is 0 Å². The molecule has 0 unspecified atom stereocenters. The van der Waals surface area contributed by atoms with E-state index in [1.165, 1.54) is 36.4 Å². The summed E-state index contributed by atoms with van der Waals surface area (Å²) in [5, 5.41) is 13.6. The molecule has 176 valence electrons. The van der Waals surface area contributed by atoms with Gasteiger partial charge in [0.05, 0.1) is 23.3 Å². The number of fused-ring (bicyclic) bond motifs is 5. The van der Waals surface area contributed by atoms with Crippen molar-refractivity contribution in [3.8, 4) is 0 Å². The van der Waals surface area contributed by atoms with Crippen LogP contribution in [0.2, 0.25) is 5.02 Å². The summed E-state index contributed by atoms with van der Waals surface area (Å²) in [5.74, 6) is -2.23. The highest BCUT2D eigenvalue weighted by atomic mass is 79.9. The molecule has 3 aliphatic rings. The monoisotopic (exact) mass is 609 g/mol. The fourth-order valence-electron chi connectivity index (χ4n) is 5.44. The van der Waals surface area contributed by atoms with Gasteiger partial charge in [-0.15, -0.1) is 0 Å². The van der Waals surface area contributed by atoms with E-state index in [0.717, 1.165) is 16.4 Å². The minimum atomic E-state index is -0.533. The van der Waals surface area contributed by atoms with E-state index in [9.17, 15) is 24.5 Å². The zero-order valence-electron chi connectivity index (χ0n) is 17.5. The molecule has 2 saturated carbocycles. The average molecular weight is 612 g/mol. The molecule has 0 spiro atoms. The van der Waals surface area contributed by atoms with Gasteiger partial charge in [-0.1, -0.05) is 55.6 Å². The van der Waals surface area contributed by atoms with Crippen LogP contribution < -0.4 is 0 Å². The van der Waals surface area contributed by atoms with E-state index in [1.54, 1.807) is 12.1 Å². The molecule has 2 aromatic carbocycles. The van der Waals surface area contributed by atoms with Gasteiger partial charge in [-0.3, -0.25) is 24.5 Å². The Morgan fingerprint density at radius 3 is 2.03 bits per heavy atom. The number of non-ortho nitro benzene ring substituents is 1. The van der Waals surface area contributed by atoms with Gasteiger partial charge >= 0.3 is 0 Å².